The summed E-state index contributed by atoms with van der Waals surface area (Å²) in [6, 6.07) is 14.0. The third-order valence-corrected chi connectivity index (χ3v) is 5.55. The number of anilines is 2. The van der Waals surface area contributed by atoms with Crippen molar-refractivity contribution in [3.63, 3.8) is 0 Å². The van der Waals surface area contributed by atoms with Gasteiger partial charge in [0.1, 0.15) is 0 Å². The highest BCUT2D eigenvalue weighted by atomic mass is 32.2. The molecule has 30 heavy (non-hydrogen) atoms. The summed E-state index contributed by atoms with van der Waals surface area (Å²) in [5.74, 6) is -0.672. The predicted molar refractivity (Wildman–Crippen MR) is 123 cm³/mol. The van der Waals surface area contributed by atoms with E-state index in [1.807, 2.05) is 52.0 Å². The van der Waals surface area contributed by atoms with E-state index in [-0.39, 0.29) is 22.5 Å². The van der Waals surface area contributed by atoms with Crippen molar-refractivity contribution in [2.45, 2.75) is 50.7 Å². The lowest BCUT2D eigenvalue weighted by molar-refractivity contribution is -0.118. The average Bonchev–Trinajstić information content (AvgIpc) is 2.65. The maximum atomic E-state index is 12.7. The standard InChI is InChI=1S/C23H29N3O3S/c1-5-19(22(29)26-16-11-9-15(10-12-16)21(24)28)30-18-8-6-7-17(13-18)25-20(27)14-23(2,3)4/h6-13,19H,5,14H2,1-4H3,(H2,24,28)(H,25,27)(H,26,29). The molecular weight excluding hydrogens is 398 g/mol. The summed E-state index contributed by atoms with van der Waals surface area (Å²) in [6.45, 7) is 8.00. The van der Waals surface area contributed by atoms with Crippen LogP contribution in [-0.2, 0) is 9.59 Å². The largest absolute Gasteiger partial charge is 0.366 e. The van der Waals surface area contributed by atoms with E-state index in [0.717, 1.165) is 4.90 Å². The first-order valence-corrected chi connectivity index (χ1v) is 10.7. The second-order valence-electron chi connectivity index (χ2n) is 8.26. The van der Waals surface area contributed by atoms with Gasteiger partial charge in [-0.1, -0.05) is 33.8 Å². The molecule has 0 bridgehead atoms. The highest BCUT2D eigenvalue weighted by molar-refractivity contribution is 8.00. The van der Waals surface area contributed by atoms with E-state index in [1.165, 1.54) is 11.8 Å². The van der Waals surface area contributed by atoms with Crippen LogP contribution in [0.1, 0.15) is 50.9 Å². The molecule has 2 rings (SSSR count). The molecule has 1 atom stereocenters. The van der Waals surface area contributed by atoms with Gasteiger partial charge in [0.15, 0.2) is 0 Å². The molecule has 0 aliphatic rings. The van der Waals surface area contributed by atoms with E-state index in [2.05, 4.69) is 10.6 Å². The van der Waals surface area contributed by atoms with Crippen molar-refractivity contribution in [2.75, 3.05) is 10.6 Å². The zero-order chi connectivity index (χ0) is 22.3. The van der Waals surface area contributed by atoms with Gasteiger partial charge in [0, 0.05) is 28.3 Å². The summed E-state index contributed by atoms with van der Waals surface area (Å²) < 4.78 is 0. The molecule has 0 heterocycles. The van der Waals surface area contributed by atoms with Gasteiger partial charge in [0.05, 0.1) is 5.25 Å². The van der Waals surface area contributed by atoms with Gasteiger partial charge < -0.3 is 16.4 Å². The molecule has 0 fully saturated rings. The fraction of sp³-hybridized carbons (Fsp3) is 0.348. The van der Waals surface area contributed by atoms with Gasteiger partial charge >= 0.3 is 0 Å². The molecule has 4 N–H and O–H groups in total. The van der Waals surface area contributed by atoms with Crippen LogP contribution < -0.4 is 16.4 Å². The number of carbonyl (C=O) groups is 3. The Labute approximate surface area is 182 Å². The Bertz CT molecular complexity index is 905. The summed E-state index contributed by atoms with van der Waals surface area (Å²) in [4.78, 5) is 36.9. The SMILES string of the molecule is CCC(Sc1cccc(NC(=O)CC(C)(C)C)c1)C(=O)Nc1ccc(C(N)=O)cc1. The Kier molecular flexibility index (Phi) is 8.06. The van der Waals surface area contributed by atoms with Crippen LogP contribution in [0.25, 0.3) is 0 Å². The lowest BCUT2D eigenvalue weighted by atomic mass is 9.92. The number of benzene rings is 2. The summed E-state index contributed by atoms with van der Waals surface area (Å²) in [5.41, 5.74) is 6.86. The minimum absolute atomic E-state index is 0.0335. The lowest BCUT2D eigenvalue weighted by Gasteiger charge is -2.18. The van der Waals surface area contributed by atoms with Crippen LogP contribution in [0.2, 0.25) is 0 Å². The minimum Gasteiger partial charge on any atom is -0.366 e. The van der Waals surface area contributed by atoms with Crippen molar-refractivity contribution >= 4 is 40.9 Å². The number of primary amides is 1. The number of rotatable bonds is 8. The van der Waals surface area contributed by atoms with E-state index in [0.29, 0.717) is 29.8 Å². The monoisotopic (exact) mass is 427 g/mol. The molecule has 2 aromatic carbocycles. The van der Waals surface area contributed by atoms with E-state index >= 15 is 0 Å². The maximum Gasteiger partial charge on any atom is 0.248 e. The Morgan fingerprint density at radius 3 is 2.23 bits per heavy atom. The maximum absolute atomic E-state index is 12.7. The Balaban J connectivity index is 2.01. The van der Waals surface area contributed by atoms with Gasteiger partial charge in [0.2, 0.25) is 17.7 Å². The molecule has 7 heteroatoms. The number of hydrogen-bond donors (Lipinski definition) is 3. The zero-order valence-corrected chi connectivity index (χ0v) is 18.6. The molecule has 0 radical (unpaired) electrons. The van der Waals surface area contributed by atoms with Crippen molar-refractivity contribution in [3.8, 4) is 0 Å². The van der Waals surface area contributed by atoms with Gasteiger partial charge in [-0.3, -0.25) is 14.4 Å². The number of nitrogens with two attached hydrogens (primary N) is 1. The van der Waals surface area contributed by atoms with Gasteiger partial charge in [0.25, 0.3) is 0 Å². The normalized spacial score (nSPS) is 12.1. The zero-order valence-electron chi connectivity index (χ0n) is 17.8. The van der Waals surface area contributed by atoms with Crippen molar-refractivity contribution in [2.24, 2.45) is 11.1 Å². The summed E-state index contributed by atoms with van der Waals surface area (Å²) in [7, 11) is 0. The van der Waals surface area contributed by atoms with Crippen molar-refractivity contribution in [1.82, 2.24) is 0 Å². The molecule has 3 amide bonds. The third-order valence-electron chi connectivity index (χ3n) is 4.19. The topological polar surface area (TPSA) is 101 Å². The molecule has 0 aromatic heterocycles. The van der Waals surface area contributed by atoms with Crippen LogP contribution in [0.3, 0.4) is 0 Å². The minimum atomic E-state index is -0.510. The average molecular weight is 428 g/mol. The van der Waals surface area contributed by atoms with Crippen LogP contribution in [0, 0.1) is 5.41 Å². The van der Waals surface area contributed by atoms with Crippen LogP contribution in [0.4, 0.5) is 11.4 Å². The second-order valence-corrected chi connectivity index (χ2v) is 9.54. The van der Waals surface area contributed by atoms with Crippen molar-refractivity contribution < 1.29 is 14.4 Å². The first kappa shape index (κ1) is 23.5. The number of amides is 3. The van der Waals surface area contributed by atoms with Gasteiger partial charge in [-0.25, -0.2) is 0 Å². The molecule has 6 nitrogen and oxygen atoms in total. The molecular formula is C23H29N3O3S. The summed E-state index contributed by atoms with van der Waals surface area (Å²) in [5, 5.41) is 5.49. The molecule has 160 valence electrons. The van der Waals surface area contributed by atoms with E-state index in [9.17, 15) is 14.4 Å². The van der Waals surface area contributed by atoms with Crippen LogP contribution in [-0.4, -0.2) is 23.0 Å². The van der Waals surface area contributed by atoms with Crippen LogP contribution >= 0.6 is 11.8 Å². The third kappa shape index (κ3) is 7.55. The molecule has 1 unspecified atom stereocenters. The fourth-order valence-corrected chi connectivity index (χ4v) is 3.77. The van der Waals surface area contributed by atoms with Gasteiger partial charge in [-0.2, -0.15) is 0 Å². The molecule has 0 saturated heterocycles. The fourth-order valence-electron chi connectivity index (χ4n) is 2.76. The molecule has 0 aliphatic heterocycles. The second kappa shape index (κ2) is 10.3. The molecule has 0 spiro atoms. The lowest BCUT2D eigenvalue weighted by Crippen LogP contribution is -2.24. The first-order valence-electron chi connectivity index (χ1n) is 9.84. The Hall–Kier alpha value is -2.80. The van der Waals surface area contributed by atoms with Crippen LogP contribution in [0.15, 0.2) is 53.4 Å². The van der Waals surface area contributed by atoms with E-state index in [1.54, 1.807) is 24.3 Å². The number of nitrogens with one attached hydrogen (secondary N) is 2. The quantitative estimate of drug-likeness (QED) is 0.533. The van der Waals surface area contributed by atoms with E-state index in [4.69, 9.17) is 5.73 Å². The van der Waals surface area contributed by atoms with E-state index < -0.39 is 5.91 Å². The molecule has 0 saturated carbocycles. The smallest absolute Gasteiger partial charge is 0.248 e. The highest BCUT2D eigenvalue weighted by Crippen LogP contribution is 2.29. The van der Waals surface area contributed by atoms with Gasteiger partial charge in [-0.15, -0.1) is 11.8 Å². The van der Waals surface area contributed by atoms with Gasteiger partial charge in [-0.05, 0) is 54.3 Å². The summed E-state index contributed by atoms with van der Waals surface area (Å²) in [6.07, 6.45) is 1.06. The number of hydrogen-bond acceptors (Lipinski definition) is 4. The number of carbonyl (C=O) groups excluding carboxylic acids is 3. The molecule has 0 aliphatic carbocycles. The van der Waals surface area contributed by atoms with Crippen LogP contribution in [0.5, 0.6) is 0 Å². The highest BCUT2D eigenvalue weighted by Gasteiger charge is 2.19. The van der Waals surface area contributed by atoms with Crippen molar-refractivity contribution in [3.05, 3.63) is 54.1 Å². The summed E-state index contributed by atoms with van der Waals surface area (Å²) >= 11 is 1.44. The molecule has 2 aromatic rings. The number of thioether (sulfide) groups is 1. The van der Waals surface area contributed by atoms with Crippen molar-refractivity contribution in [1.29, 1.82) is 0 Å². The Morgan fingerprint density at radius 1 is 1.00 bits per heavy atom. The first-order chi connectivity index (χ1) is 14.1. The Morgan fingerprint density at radius 2 is 1.67 bits per heavy atom. The predicted octanol–water partition coefficient (Wildman–Crippen LogP) is 4.67.